The summed E-state index contributed by atoms with van der Waals surface area (Å²) in [5.74, 6) is 1.37. The second kappa shape index (κ2) is 12.3. The van der Waals surface area contributed by atoms with Gasteiger partial charge in [0.25, 0.3) is 5.91 Å². The van der Waals surface area contributed by atoms with Crippen LogP contribution in [-0.4, -0.2) is 45.4 Å². The Morgan fingerprint density at radius 1 is 0.897 bits per heavy atom. The number of amides is 1. The van der Waals surface area contributed by atoms with Gasteiger partial charge in [0.2, 0.25) is 0 Å². The first-order valence-electron chi connectivity index (χ1n) is 9.51. The van der Waals surface area contributed by atoms with Gasteiger partial charge in [-0.05, 0) is 55.3 Å². The van der Waals surface area contributed by atoms with Gasteiger partial charge in [0.1, 0.15) is 17.2 Å². The van der Waals surface area contributed by atoms with E-state index in [1.54, 1.807) is 31.4 Å². The number of esters is 1. The van der Waals surface area contributed by atoms with Gasteiger partial charge >= 0.3 is 5.97 Å². The van der Waals surface area contributed by atoms with Crippen molar-refractivity contribution in [2.75, 3.05) is 33.5 Å². The largest absolute Gasteiger partial charge is 0.497 e. The molecule has 0 unspecified atom stereocenters. The van der Waals surface area contributed by atoms with Gasteiger partial charge in [-0.3, -0.25) is 9.59 Å². The van der Waals surface area contributed by atoms with Crippen molar-refractivity contribution in [1.29, 1.82) is 0 Å². The molecular formula is C22H27NO6. The molecule has 7 heteroatoms. The maximum atomic E-state index is 11.8. The summed E-state index contributed by atoms with van der Waals surface area (Å²) in [6.07, 6.45) is 0.742. The molecule has 0 aromatic heterocycles. The van der Waals surface area contributed by atoms with E-state index in [4.69, 9.17) is 18.9 Å². The number of hydrogen-bond acceptors (Lipinski definition) is 6. The van der Waals surface area contributed by atoms with Crippen LogP contribution in [0.2, 0.25) is 0 Å². The fourth-order valence-corrected chi connectivity index (χ4v) is 2.46. The quantitative estimate of drug-likeness (QED) is 0.551. The Hall–Kier alpha value is -3.22. The van der Waals surface area contributed by atoms with Crippen molar-refractivity contribution in [3.63, 3.8) is 0 Å². The normalized spacial score (nSPS) is 10.1. The Balaban J connectivity index is 1.56. The number of nitrogens with one attached hydrogen (secondary N) is 1. The van der Waals surface area contributed by atoms with E-state index in [2.05, 4.69) is 5.32 Å². The van der Waals surface area contributed by atoms with Crippen molar-refractivity contribution in [2.45, 2.75) is 19.8 Å². The van der Waals surface area contributed by atoms with Crippen LogP contribution in [0.4, 0.5) is 0 Å². The van der Waals surface area contributed by atoms with Crippen molar-refractivity contribution in [2.24, 2.45) is 0 Å². The van der Waals surface area contributed by atoms with Gasteiger partial charge in [-0.1, -0.05) is 12.1 Å². The number of carbonyl (C=O) groups is 2. The minimum absolute atomic E-state index is 0.0618. The van der Waals surface area contributed by atoms with E-state index < -0.39 is 5.97 Å². The fourth-order valence-electron chi connectivity index (χ4n) is 2.46. The Kier molecular flexibility index (Phi) is 9.35. The molecule has 0 saturated heterocycles. The average molecular weight is 401 g/mol. The summed E-state index contributed by atoms with van der Waals surface area (Å²) in [5.41, 5.74) is 1.08. The van der Waals surface area contributed by atoms with Gasteiger partial charge in [0.15, 0.2) is 6.61 Å². The van der Waals surface area contributed by atoms with Gasteiger partial charge < -0.3 is 24.3 Å². The van der Waals surface area contributed by atoms with Gasteiger partial charge in [0.05, 0.1) is 26.7 Å². The fraction of sp³-hybridized carbons (Fsp3) is 0.364. The molecule has 156 valence electrons. The molecule has 1 N–H and O–H groups in total. The minimum Gasteiger partial charge on any atom is -0.497 e. The van der Waals surface area contributed by atoms with Crippen LogP contribution in [0.15, 0.2) is 48.5 Å². The molecule has 0 spiro atoms. The van der Waals surface area contributed by atoms with Crippen molar-refractivity contribution < 1.29 is 28.5 Å². The summed E-state index contributed by atoms with van der Waals surface area (Å²) in [6, 6.07) is 14.8. The van der Waals surface area contributed by atoms with Crippen LogP contribution in [0.3, 0.4) is 0 Å². The van der Waals surface area contributed by atoms with Gasteiger partial charge in [-0.25, -0.2) is 0 Å². The lowest BCUT2D eigenvalue weighted by Gasteiger charge is -2.09. The number of methoxy groups -OCH3 is 1. The van der Waals surface area contributed by atoms with Crippen molar-refractivity contribution in [1.82, 2.24) is 5.32 Å². The molecule has 0 bridgehead atoms. The topological polar surface area (TPSA) is 83.1 Å². The summed E-state index contributed by atoms with van der Waals surface area (Å²) < 4.78 is 20.9. The van der Waals surface area contributed by atoms with E-state index >= 15 is 0 Å². The molecule has 0 atom stereocenters. The van der Waals surface area contributed by atoms with Crippen LogP contribution < -0.4 is 19.5 Å². The average Bonchev–Trinajstić information content (AvgIpc) is 2.74. The van der Waals surface area contributed by atoms with Gasteiger partial charge in [-0.15, -0.1) is 0 Å². The summed E-state index contributed by atoms with van der Waals surface area (Å²) in [4.78, 5) is 23.5. The number of ether oxygens (including phenoxy) is 4. The summed E-state index contributed by atoms with van der Waals surface area (Å²) >= 11 is 0. The predicted molar refractivity (Wildman–Crippen MR) is 108 cm³/mol. The Morgan fingerprint density at radius 3 is 2.14 bits per heavy atom. The number of rotatable bonds is 12. The minimum atomic E-state index is -0.485. The summed E-state index contributed by atoms with van der Waals surface area (Å²) in [5, 5.41) is 2.72. The number of carbonyl (C=O) groups excluding carboxylic acids is 2. The third kappa shape index (κ3) is 8.55. The summed E-state index contributed by atoms with van der Waals surface area (Å²) in [7, 11) is 1.61. The third-order valence-corrected chi connectivity index (χ3v) is 3.97. The molecule has 0 aliphatic rings. The van der Waals surface area contributed by atoms with E-state index in [9.17, 15) is 9.59 Å². The highest BCUT2D eigenvalue weighted by Gasteiger charge is 2.08. The van der Waals surface area contributed by atoms with E-state index in [1.807, 2.05) is 31.2 Å². The van der Waals surface area contributed by atoms with Crippen LogP contribution in [0.1, 0.15) is 18.9 Å². The van der Waals surface area contributed by atoms with E-state index in [0.717, 1.165) is 17.1 Å². The van der Waals surface area contributed by atoms with E-state index in [-0.39, 0.29) is 25.5 Å². The molecule has 0 saturated carbocycles. The Labute approximate surface area is 170 Å². The summed E-state index contributed by atoms with van der Waals surface area (Å²) in [6.45, 7) is 2.85. The molecular weight excluding hydrogens is 374 g/mol. The molecule has 0 aliphatic carbocycles. The van der Waals surface area contributed by atoms with Crippen LogP contribution in [-0.2, 0) is 20.7 Å². The predicted octanol–water partition coefficient (Wildman–Crippen LogP) is 2.76. The molecule has 0 heterocycles. The molecule has 2 aromatic carbocycles. The highest BCUT2D eigenvalue weighted by Crippen LogP contribution is 2.17. The molecule has 1 amide bonds. The zero-order valence-corrected chi connectivity index (χ0v) is 16.8. The van der Waals surface area contributed by atoms with Gasteiger partial charge in [-0.2, -0.15) is 0 Å². The Morgan fingerprint density at radius 2 is 1.52 bits per heavy atom. The highest BCUT2D eigenvalue weighted by atomic mass is 16.5. The lowest BCUT2D eigenvalue weighted by Crippen LogP contribution is -2.30. The van der Waals surface area contributed by atoms with Crippen LogP contribution in [0, 0.1) is 0 Å². The highest BCUT2D eigenvalue weighted by molar-refractivity contribution is 5.80. The van der Waals surface area contributed by atoms with Crippen LogP contribution in [0.5, 0.6) is 17.2 Å². The second-order valence-corrected chi connectivity index (χ2v) is 6.11. The van der Waals surface area contributed by atoms with E-state index in [0.29, 0.717) is 25.3 Å². The lowest BCUT2D eigenvalue weighted by molar-refractivity contribution is -0.149. The zero-order chi connectivity index (χ0) is 20.9. The Bertz CT molecular complexity index is 758. The molecule has 0 fully saturated rings. The SMILES string of the molecule is CCOc1ccc(OCCC(=O)OCC(=O)NCCc2ccc(OC)cc2)cc1. The molecule has 0 aliphatic heterocycles. The monoisotopic (exact) mass is 401 g/mol. The standard InChI is InChI=1S/C22H27NO6/c1-3-27-19-8-10-20(11-9-19)28-15-13-22(25)29-16-21(24)23-14-12-17-4-6-18(26-2)7-5-17/h4-11H,3,12-16H2,1-2H3,(H,23,24). The van der Waals surface area contributed by atoms with Crippen molar-refractivity contribution in [3.8, 4) is 17.2 Å². The molecule has 0 radical (unpaired) electrons. The van der Waals surface area contributed by atoms with E-state index in [1.165, 1.54) is 0 Å². The molecule has 7 nitrogen and oxygen atoms in total. The lowest BCUT2D eigenvalue weighted by atomic mass is 10.1. The second-order valence-electron chi connectivity index (χ2n) is 6.11. The smallest absolute Gasteiger partial charge is 0.309 e. The number of hydrogen-bond donors (Lipinski definition) is 1. The first-order valence-corrected chi connectivity index (χ1v) is 9.51. The maximum Gasteiger partial charge on any atom is 0.309 e. The third-order valence-electron chi connectivity index (χ3n) is 3.97. The maximum absolute atomic E-state index is 11.8. The zero-order valence-electron chi connectivity index (χ0n) is 16.8. The van der Waals surface area contributed by atoms with Crippen LogP contribution >= 0.6 is 0 Å². The van der Waals surface area contributed by atoms with Crippen LogP contribution in [0.25, 0.3) is 0 Å². The first kappa shape index (κ1) is 22.1. The number of benzene rings is 2. The van der Waals surface area contributed by atoms with Crippen molar-refractivity contribution in [3.05, 3.63) is 54.1 Å². The molecule has 2 aromatic rings. The molecule has 29 heavy (non-hydrogen) atoms. The first-order chi connectivity index (χ1) is 14.1. The molecule has 2 rings (SSSR count). The van der Waals surface area contributed by atoms with Gasteiger partial charge in [0, 0.05) is 6.54 Å². The van der Waals surface area contributed by atoms with Crippen molar-refractivity contribution >= 4 is 11.9 Å².